The maximum atomic E-state index is 12.2. The molecule has 23 heavy (non-hydrogen) atoms. The highest BCUT2D eigenvalue weighted by Crippen LogP contribution is 2.12. The zero-order chi connectivity index (χ0) is 16.8. The van der Waals surface area contributed by atoms with Crippen molar-refractivity contribution >= 4 is 17.6 Å². The minimum atomic E-state index is -0.428. The summed E-state index contributed by atoms with van der Waals surface area (Å²) in [4.78, 5) is 23.9. The summed E-state index contributed by atoms with van der Waals surface area (Å²) in [6.45, 7) is 5.41. The van der Waals surface area contributed by atoms with E-state index in [1.165, 1.54) is 0 Å². The van der Waals surface area contributed by atoms with Crippen LogP contribution in [0.1, 0.15) is 24.2 Å². The average Bonchev–Trinajstić information content (AvgIpc) is 2.89. The molecule has 1 aliphatic heterocycles. The number of rotatable bonds is 5. The van der Waals surface area contributed by atoms with Crippen LogP contribution < -0.4 is 21.3 Å². The Balaban J connectivity index is 1.90. The largest absolute Gasteiger partial charge is 0.391 e. The Morgan fingerprint density at radius 1 is 1.35 bits per heavy atom. The third-order valence-electron chi connectivity index (χ3n) is 3.63. The first-order valence-electron chi connectivity index (χ1n) is 7.80. The molecule has 1 heterocycles. The number of urea groups is 1. The number of aliphatic hydroxyl groups is 1. The number of hydrogen-bond acceptors (Lipinski definition) is 4. The Bertz CT molecular complexity index is 562. The summed E-state index contributed by atoms with van der Waals surface area (Å²) in [5.74, 6) is -0.200. The third-order valence-corrected chi connectivity index (χ3v) is 3.63. The molecule has 2 atom stereocenters. The van der Waals surface area contributed by atoms with Crippen molar-refractivity contribution in [3.8, 4) is 0 Å². The van der Waals surface area contributed by atoms with Crippen molar-refractivity contribution in [3.05, 3.63) is 29.8 Å². The molecule has 1 aromatic rings. The molecule has 1 fully saturated rings. The van der Waals surface area contributed by atoms with E-state index < -0.39 is 6.10 Å². The molecule has 1 aromatic carbocycles. The smallest absolute Gasteiger partial charge is 0.319 e. The van der Waals surface area contributed by atoms with Gasteiger partial charge in [-0.3, -0.25) is 4.79 Å². The van der Waals surface area contributed by atoms with Crippen molar-refractivity contribution < 1.29 is 14.7 Å². The van der Waals surface area contributed by atoms with Crippen molar-refractivity contribution in [2.24, 2.45) is 5.92 Å². The normalized spacial score (nSPS) is 20.3. The highest BCUT2D eigenvalue weighted by Gasteiger charge is 2.25. The molecule has 0 aromatic heterocycles. The standard InChI is InChI=1S/C16H24N4O3/c1-10(2)19-16(23)20-13-5-3-4-11(6-13)15(22)18-8-12-7-17-9-14(12)21/h3-6,10,12,14,17,21H,7-9H2,1-2H3,(H,18,22)(H2,19,20,23). The molecular weight excluding hydrogens is 296 g/mol. The molecule has 7 nitrogen and oxygen atoms in total. The van der Waals surface area contributed by atoms with Crippen LogP contribution in [0.2, 0.25) is 0 Å². The van der Waals surface area contributed by atoms with E-state index in [2.05, 4.69) is 21.3 Å². The second-order valence-corrected chi connectivity index (χ2v) is 6.03. The lowest BCUT2D eigenvalue weighted by atomic mass is 10.1. The molecular formula is C16H24N4O3. The maximum Gasteiger partial charge on any atom is 0.319 e. The first-order valence-corrected chi connectivity index (χ1v) is 7.80. The van der Waals surface area contributed by atoms with Crippen molar-refractivity contribution in [1.29, 1.82) is 0 Å². The van der Waals surface area contributed by atoms with Gasteiger partial charge in [0.05, 0.1) is 6.10 Å². The quantitative estimate of drug-likeness (QED) is 0.546. The number of aliphatic hydroxyl groups excluding tert-OH is 1. The number of amides is 3. The molecule has 0 saturated carbocycles. The van der Waals surface area contributed by atoms with Gasteiger partial charge in [0, 0.05) is 42.8 Å². The van der Waals surface area contributed by atoms with E-state index in [0.29, 0.717) is 30.9 Å². The zero-order valence-corrected chi connectivity index (χ0v) is 13.4. The van der Waals surface area contributed by atoms with E-state index in [1.807, 2.05) is 13.8 Å². The summed E-state index contributed by atoms with van der Waals surface area (Å²) < 4.78 is 0. The summed E-state index contributed by atoms with van der Waals surface area (Å²) in [5, 5.41) is 21.0. The molecule has 1 saturated heterocycles. The van der Waals surface area contributed by atoms with Gasteiger partial charge in [0.15, 0.2) is 0 Å². The van der Waals surface area contributed by atoms with Crippen LogP contribution in [0.25, 0.3) is 0 Å². The van der Waals surface area contributed by atoms with Crippen molar-refractivity contribution in [2.75, 3.05) is 25.0 Å². The summed E-state index contributed by atoms with van der Waals surface area (Å²) >= 11 is 0. The van der Waals surface area contributed by atoms with E-state index in [-0.39, 0.29) is 23.9 Å². The fourth-order valence-electron chi connectivity index (χ4n) is 2.42. The second kappa shape index (κ2) is 7.94. The highest BCUT2D eigenvalue weighted by atomic mass is 16.3. The number of anilines is 1. The molecule has 7 heteroatoms. The Morgan fingerprint density at radius 2 is 2.13 bits per heavy atom. The molecule has 126 valence electrons. The van der Waals surface area contributed by atoms with Gasteiger partial charge in [-0.05, 0) is 32.0 Å². The van der Waals surface area contributed by atoms with Crippen LogP contribution in [0.5, 0.6) is 0 Å². The summed E-state index contributed by atoms with van der Waals surface area (Å²) in [7, 11) is 0. The zero-order valence-electron chi connectivity index (χ0n) is 13.4. The van der Waals surface area contributed by atoms with Gasteiger partial charge in [-0.15, -0.1) is 0 Å². The Labute approximate surface area is 135 Å². The van der Waals surface area contributed by atoms with Crippen LogP contribution in [-0.2, 0) is 0 Å². The molecule has 1 aliphatic rings. The molecule has 0 radical (unpaired) electrons. The minimum absolute atomic E-state index is 0.0251. The number of hydrogen-bond donors (Lipinski definition) is 5. The lowest BCUT2D eigenvalue weighted by Gasteiger charge is -2.14. The number of carbonyl (C=O) groups is 2. The van der Waals surface area contributed by atoms with Crippen molar-refractivity contribution in [1.82, 2.24) is 16.0 Å². The average molecular weight is 320 g/mol. The SMILES string of the molecule is CC(C)NC(=O)Nc1cccc(C(=O)NCC2CNCC2O)c1. The summed E-state index contributed by atoms with van der Waals surface area (Å²) in [6, 6.07) is 6.47. The van der Waals surface area contributed by atoms with Crippen LogP contribution >= 0.6 is 0 Å². The summed E-state index contributed by atoms with van der Waals surface area (Å²) in [5.41, 5.74) is 1.02. The van der Waals surface area contributed by atoms with Gasteiger partial charge in [-0.2, -0.15) is 0 Å². The van der Waals surface area contributed by atoms with Crippen molar-refractivity contribution in [2.45, 2.75) is 26.0 Å². The van der Waals surface area contributed by atoms with Gasteiger partial charge in [0.2, 0.25) is 0 Å². The van der Waals surface area contributed by atoms with Gasteiger partial charge in [-0.25, -0.2) is 4.79 Å². The van der Waals surface area contributed by atoms with Gasteiger partial charge < -0.3 is 26.4 Å². The predicted molar refractivity (Wildman–Crippen MR) is 88.4 cm³/mol. The van der Waals surface area contributed by atoms with E-state index >= 15 is 0 Å². The van der Waals surface area contributed by atoms with Gasteiger partial charge >= 0.3 is 6.03 Å². The predicted octanol–water partition coefficient (Wildman–Crippen LogP) is 0.527. The van der Waals surface area contributed by atoms with Gasteiger partial charge in [0.25, 0.3) is 5.91 Å². The van der Waals surface area contributed by atoms with Crippen LogP contribution in [0.4, 0.5) is 10.5 Å². The van der Waals surface area contributed by atoms with Crippen molar-refractivity contribution in [3.63, 3.8) is 0 Å². The topological polar surface area (TPSA) is 102 Å². The number of benzene rings is 1. The number of β-amino-alcohol motifs (C(OH)–C–C–N with tert-alkyl or cyclic N) is 1. The van der Waals surface area contributed by atoms with Crippen LogP contribution in [0.15, 0.2) is 24.3 Å². The number of nitrogens with one attached hydrogen (secondary N) is 4. The van der Waals surface area contributed by atoms with Crippen LogP contribution in [0, 0.1) is 5.92 Å². The Morgan fingerprint density at radius 3 is 2.78 bits per heavy atom. The van der Waals surface area contributed by atoms with Crippen LogP contribution in [-0.4, -0.2) is 48.8 Å². The molecule has 5 N–H and O–H groups in total. The molecule has 2 rings (SSSR count). The molecule has 2 unspecified atom stereocenters. The highest BCUT2D eigenvalue weighted by molar-refractivity contribution is 5.96. The molecule has 0 spiro atoms. The second-order valence-electron chi connectivity index (χ2n) is 6.03. The first kappa shape index (κ1) is 17.2. The van der Waals surface area contributed by atoms with Crippen LogP contribution in [0.3, 0.4) is 0 Å². The molecule has 3 amide bonds. The maximum absolute atomic E-state index is 12.2. The lowest BCUT2D eigenvalue weighted by molar-refractivity contribution is 0.0927. The molecule has 0 bridgehead atoms. The minimum Gasteiger partial charge on any atom is -0.391 e. The Kier molecular flexibility index (Phi) is 5.95. The lowest BCUT2D eigenvalue weighted by Crippen LogP contribution is -2.35. The van der Waals surface area contributed by atoms with Gasteiger partial charge in [-0.1, -0.05) is 6.07 Å². The Hall–Kier alpha value is -2.12. The fourth-order valence-corrected chi connectivity index (χ4v) is 2.42. The van der Waals surface area contributed by atoms with E-state index in [0.717, 1.165) is 0 Å². The first-order chi connectivity index (χ1) is 11.0. The summed E-state index contributed by atoms with van der Waals surface area (Å²) in [6.07, 6.45) is -0.428. The van der Waals surface area contributed by atoms with Gasteiger partial charge in [0.1, 0.15) is 0 Å². The molecule has 0 aliphatic carbocycles. The number of carbonyl (C=O) groups excluding carboxylic acids is 2. The fraction of sp³-hybridized carbons (Fsp3) is 0.500. The van der Waals surface area contributed by atoms with E-state index in [9.17, 15) is 14.7 Å². The monoisotopic (exact) mass is 320 g/mol. The van der Waals surface area contributed by atoms with E-state index in [4.69, 9.17) is 0 Å². The third kappa shape index (κ3) is 5.22. The van der Waals surface area contributed by atoms with E-state index in [1.54, 1.807) is 24.3 Å².